The highest BCUT2D eigenvalue weighted by molar-refractivity contribution is 6.20. The lowest BCUT2D eigenvalue weighted by Gasteiger charge is -2.18. The topological polar surface area (TPSA) is 20.2 Å². The molecule has 0 aromatic rings. The highest BCUT2D eigenvalue weighted by atomic mass is 35.5. The summed E-state index contributed by atoms with van der Waals surface area (Å²) in [6, 6.07) is 0. The van der Waals surface area contributed by atoms with E-state index in [1.165, 1.54) is 6.92 Å². The van der Waals surface area contributed by atoms with Gasteiger partial charge in [0.15, 0.2) is 6.10 Å². The van der Waals surface area contributed by atoms with Gasteiger partial charge >= 0.3 is 6.18 Å². The predicted molar refractivity (Wildman–Crippen MR) is 55.0 cm³/mol. The Labute approximate surface area is 92.9 Å². The Bertz CT molecular complexity index is 233. The van der Waals surface area contributed by atoms with E-state index in [4.69, 9.17) is 16.7 Å². The molecule has 0 fully saturated rings. The van der Waals surface area contributed by atoms with Gasteiger partial charge in [0.1, 0.15) is 0 Å². The van der Waals surface area contributed by atoms with Crippen molar-refractivity contribution in [2.24, 2.45) is 0 Å². The molecule has 0 spiro atoms. The fourth-order valence-electron chi connectivity index (χ4n) is 1.09. The monoisotopic (exact) mass is 244 g/mol. The summed E-state index contributed by atoms with van der Waals surface area (Å²) in [6.07, 6.45) is -5.86. The smallest absolute Gasteiger partial charge is 0.379 e. The maximum Gasteiger partial charge on any atom is 0.418 e. The van der Waals surface area contributed by atoms with Crippen molar-refractivity contribution >= 4 is 11.6 Å². The first-order valence-corrected chi connectivity index (χ1v) is 5.15. The Morgan fingerprint density at radius 2 is 1.80 bits per heavy atom. The maximum absolute atomic E-state index is 12.1. The number of aliphatic hydroxyl groups is 1. The van der Waals surface area contributed by atoms with Crippen molar-refractivity contribution in [2.75, 3.05) is 0 Å². The SMILES string of the molecule is C/C(CC[C@@H](C)Cl)=C(/C)C(O)C(F)(F)F. The number of hydrogen-bond donors (Lipinski definition) is 1. The van der Waals surface area contributed by atoms with Crippen LogP contribution in [0.3, 0.4) is 0 Å². The average Bonchev–Trinajstić information content (AvgIpc) is 2.10. The van der Waals surface area contributed by atoms with Gasteiger partial charge in [0, 0.05) is 5.38 Å². The molecule has 1 nitrogen and oxygen atoms in total. The van der Waals surface area contributed by atoms with Crippen molar-refractivity contribution < 1.29 is 18.3 Å². The third-order valence-electron chi connectivity index (χ3n) is 2.31. The van der Waals surface area contributed by atoms with Crippen LogP contribution in [0.1, 0.15) is 33.6 Å². The molecule has 0 rings (SSSR count). The molecule has 5 heteroatoms. The van der Waals surface area contributed by atoms with Crippen LogP contribution in [0.2, 0.25) is 0 Å². The van der Waals surface area contributed by atoms with Gasteiger partial charge in [0.25, 0.3) is 0 Å². The fourth-order valence-corrected chi connectivity index (χ4v) is 1.20. The molecule has 0 saturated heterocycles. The van der Waals surface area contributed by atoms with Crippen molar-refractivity contribution in [3.05, 3.63) is 11.1 Å². The van der Waals surface area contributed by atoms with Crippen molar-refractivity contribution in [1.82, 2.24) is 0 Å². The van der Waals surface area contributed by atoms with Crippen molar-refractivity contribution in [3.8, 4) is 0 Å². The second kappa shape index (κ2) is 5.75. The minimum Gasteiger partial charge on any atom is -0.379 e. The van der Waals surface area contributed by atoms with Gasteiger partial charge in [-0.15, -0.1) is 11.6 Å². The molecule has 0 amide bonds. The van der Waals surface area contributed by atoms with Crippen LogP contribution in [0, 0.1) is 0 Å². The van der Waals surface area contributed by atoms with Crippen LogP contribution >= 0.6 is 11.6 Å². The largest absolute Gasteiger partial charge is 0.418 e. The second-order valence-corrected chi connectivity index (χ2v) is 4.47. The number of aliphatic hydroxyl groups excluding tert-OH is 1. The van der Waals surface area contributed by atoms with Crippen molar-refractivity contribution in [3.63, 3.8) is 0 Å². The zero-order chi connectivity index (χ0) is 12.2. The van der Waals surface area contributed by atoms with Gasteiger partial charge in [0.05, 0.1) is 0 Å². The van der Waals surface area contributed by atoms with Crippen LogP contribution in [0.15, 0.2) is 11.1 Å². The molecule has 0 aromatic carbocycles. The zero-order valence-corrected chi connectivity index (χ0v) is 9.78. The number of hydrogen-bond acceptors (Lipinski definition) is 1. The molecular weight excluding hydrogens is 229 g/mol. The van der Waals surface area contributed by atoms with Gasteiger partial charge in [-0.05, 0) is 39.2 Å². The molecule has 2 atom stereocenters. The van der Waals surface area contributed by atoms with Crippen LogP contribution in [-0.4, -0.2) is 22.8 Å². The summed E-state index contributed by atoms with van der Waals surface area (Å²) in [4.78, 5) is 0. The molecule has 15 heavy (non-hydrogen) atoms. The normalized spacial score (nSPS) is 18.4. The van der Waals surface area contributed by atoms with Gasteiger partial charge in [-0.25, -0.2) is 0 Å². The van der Waals surface area contributed by atoms with Gasteiger partial charge in [0.2, 0.25) is 0 Å². The van der Waals surface area contributed by atoms with E-state index in [2.05, 4.69) is 0 Å². The molecule has 0 aliphatic carbocycles. The highest BCUT2D eigenvalue weighted by Gasteiger charge is 2.39. The first kappa shape index (κ1) is 14.8. The van der Waals surface area contributed by atoms with Crippen LogP contribution in [0.25, 0.3) is 0 Å². The first-order valence-electron chi connectivity index (χ1n) is 4.71. The summed E-state index contributed by atoms with van der Waals surface area (Å²) >= 11 is 5.69. The van der Waals surface area contributed by atoms with Gasteiger partial charge in [-0.3, -0.25) is 0 Å². The number of rotatable bonds is 4. The van der Waals surface area contributed by atoms with Crippen LogP contribution in [-0.2, 0) is 0 Å². The zero-order valence-electron chi connectivity index (χ0n) is 9.03. The lowest BCUT2D eigenvalue weighted by molar-refractivity contribution is -0.191. The summed E-state index contributed by atoms with van der Waals surface area (Å²) in [6.45, 7) is 4.67. The summed E-state index contributed by atoms with van der Waals surface area (Å²) in [5.41, 5.74) is 0.521. The second-order valence-electron chi connectivity index (χ2n) is 3.73. The third-order valence-corrected chi connectivity index (χ3v) is 2.53. The highest BCUT2D eigenvalue weighted by Crippen LogP contribution is 2.28. The van der Waals surface area contributed by atoms with E-state index in [1.54, 1.807) is 13.8 Å². The van der Waals surface area contributed by atoms with Crippen molar-refractivity contribution in [1.29, 1.82) is 0 Å². The van der Waals surface area contributed by atoms with E-state index in [0.717, 1.165) is 0 Å². The predicted octanol–water partition coefficient (Wildman–Crippen LogP) is 3.65. The molecule has 90 valence electrons. The van der Waals surface area contributed by atoms with Crippen molar-refractivity contribution in [2.45, 2.75) is 51.3 Å². The van der Waals surface area contributed by atoms with E-state index in [-0.39, 0.29) is 11.0 Å². The number of allylic oxidation sites excluding steroid dienone is 1. The van der Waals surface area contributed by atoms with Gasteiger partial charge < -0.3 is 5.11 Å². The molecule has 0 heterocycles. The lowest BCUT2D eigenvalue weighted by atomic mass is 10.0. The first-order chi connectivity index (χ1) is 6.66. The standard InChI is InChI=1S/C10H16ClF3O/c1-6(4-5-7(2)11)8(3)9(15)10(12,13)14/h7,9,15H,4-5H2,1-3H3/b8-6+/t7-,9?/m1/s1. The molecule has 1 unspecified atom stereocenters. The van der Waals surface area contributed by atoms with E-state index in [0.29, 0.717) is 18.4 Å². The van der Waals surface area contributed by atoms with Gasteiger partial charge in [-0.1, -0.05) is 5.57 Å². The number of halogens is 4. The van der Waals surface area contributed by atoms with Crippen LogP contribution in [0.5, 0.6) is 0 Å². The Morgan fingerprint density at radius 3 is 2.13 bits per heavy atom. The summed E-state index contributed by atoms with van der Waals surface area (Å²) in [5, 5.41) is 8.90. The maximum atomic E-state index is 12.1. The molecule has 0 aliphatic rings. The summed E-state index contributed by atoms with van der Waals surface area (Å²) in [5.74, 6) is 0. The van der Waals surface area contributed by atoms with E-state index in [9.17, 15) is 13.2 Å². The van der Waals surface area contributed by atoms with E-state index >= 15 is 0 Å². The quantitative estimate of drug-likeness (QED) is 0.591. The van der Waals surface area contributed by atoms with E-state index < -0.39 is 12.3 Å². The van der Waals surface area contributed by atoms with Crippen LogP contribution in [0.4, 0.5) is 13.2 Å². The molecule has 0 radical (unpaired) electrons. The Morgan fingerprint density at radius 1 is 1.33 bits per heavy atom. The summed E-state index contributed by atoms with van der Waals surface area (Å²) in [7, 11) is 0. The Hall–Kier alpha value is -0.220. The lowest BCUT2D eigenvalue weighted by Crippen LogP contribution is -2.30. The Kier molecular flexibility index (Phi) is 5.67. The molecule has 0 bridgehead atoms. The van der Waals surface area contributed by atoms with E-state index in [1.807, 2.05) is 0 Å². The fraction of sp³-hybridized carbons (Fsp3) is 0.800. The van der Waals surface area contributed by atoms with Crippen LogP contribution < -0.4 is 0 Å². The third kappa shape index (κ3) is 5.42. The minimum absolute atomic E-state index is 0.0279. The Balaban J connectivity index is 4.50. The average molecular weight is 245 g/mol. The number of alkyl halides is 4. The van der Waals surface area contributed by atoms with Gasteiger partial charge in [-0.2, -0.15) is 13.2 Å². The summed E-state index contributed by atoms with van der Waals surface area (Å²) < 4.78 is 36.4. The molecule has 0 saturated carbocycles. The molecular formula is C10H16ClF3O. The minimum atomic E-state index is -4.59. The molecule has 1 N–H and O–H groups in total. The molecule has 0 aliphatic heterocycles. The molecule has 0 aromatic heterocycles.